The van der Waals surface area contributed by atoms with E-state index in [1.165, 1.54) is 42.5 Å². The molecule has 3 heteroatoms. The van der Waals surface area contributed by atoms with E-state index in [0.717, 1.165) is 18.5 Å². The third-order valence-electron chi connectivity index (χ3n) is 4.56. The highest BCUT2D eigenvalue weighted by molar-refractivity contribution is 5.82. The van der Waals surface area contributed by atoms with Crippen LogP contribution in [0.4, 0.5) is 5.82 Å². The summed E-state index contributed by atoms with van der Waals surface area (Å²) in [4.78, 5) is 7.51. The molecule has 0 amide bonds. The zero-order valence-electron chi connectivity index (χ0n) is 12.9. The average Bonchev–Trinajstić information content (AvgIpc) is 2.54. The van der Waals surface area contributed by atoms with Crippen LogP contribution in [0.5, 0.6) is 0 Å². The van der Waals surface area contributed by atoms with Crippen LogP contribution in [0.15, 0.2) is 30.3 Å². The molecule has 112 valence electrons. The van der Waals surface area contributed by atoms with Gasteiger partial charge in [0.25, 0.3) is 0 Å². The van der Waals surface area contributed by atoms with Crippen molar-refractivity contribution in [1.82, 2.24) is 4.98 Å². The third-order valence-corrected chi connectivity index (χ3v) is 4.56. The molecule has 3 nitrogen and oxygen atoms in total. The highest BCUT2D eigenvalue weighted by Crippen LogP contribution is 2.30. The number of para-hydroxylation sites is 1. The maximum absolute atomic E-state index is 5.82. The molecule has 0 aliphatic carbocycles. The van der Waals surface area contributed by atoms with E-state index in [2.05, 4.69) is 42.2 Å². The minimum atomic E-state index is 0.629. The van der Waals surface area contributed by atoms with Crippen LogP contribution >= 0.6 is 0 Å². The van der Waals surface area contributed by atoms with Gasteiger partial charge in [0.1, 0.15) is 5.82 Å². The van der Waals surface area contributed by atoms with Crippen molar-refractivity contribution in [3.63, 3.8) is 0 Å². The average molecular weight is 283 g/mol. The van der Waals surface area contributed by atoms with Crippen molar-refractivity contribution >= 4 is 16.7 Å². The van der Waals surface area contributed by atoms with Gasteiger partial charge in [-0.1, -0.05) is 25.1 Å². The van der Waals surface area contributed by atoms with Gasteiger partial charge in [0.2, 0.25) is 0 Å². The molecule has 1 unspecified atom stereocenters. The van der Waals surface area contributed by atoms with Crippen LogP contribution in [-0.4, -0.2) is 24.1 Å². The second kappa shape index (κ2) is 6.44. The Kier molecular flexibility index (Phi) is 4.39. The normalized spacial score (nSPS) is 19.1. The molecular formula is C18H25N3. The predicted octanol–water partition coefficient (Wildman–Crippen LogP) is 3.50. The van der Waals surface area contributed by atoms with Gasteiger partial charge in [-0.05, 0) is 56.3 Å². The highest BCUT2D eigenvalue weighted by atomic mass is 15.2. The van der Waals surface area contributed by atoms with Gasteiger partial charge < -0.3 is 10.6 Å². The first-order valence-electron chi connectivity index (χ1n) is 8.19. The summed E-state index contributed by atoms with van der Waals surface area (Å²) in [7, 11) is 0. The van der Waals surface area contributed by atoms with E-state index in [0.29, 0.717) is 12.6 Å². The fraction of sp³-hybridized carbons (Fsp3) is 0.500. The molecule has 3 rings (SSSR count). The van der Waals surface area contributed by atoms with Crippen LogP contribution in [0.3, 0.4) is 0 Å². The summed E-state index contributed by atoms with van der Waals surface area (Å²) in [5.74, 6) is 1.17. The quantitative estimate of drug-likeness (QED) is 0.933. The molecule has 0 radical (unpaired) electrons. The van der Waals surface area contributed by atoms with Crippen molar-refractivity contribution in [2.24, 2.45) is 5.73 Å². The number of piperidine rings is 1. The van der Waals surface area contributed by atoms with Gasteiger partial charge in [0.05, 0.1) is 5.52 Å². The van der Waals surface area contributed by atoms with Crippen LogP contribution in [0.1, 0.15) is 38.2 Å². The second-order valence-corrected chi connectivity index (χ2v) is 5.95. The van der Waals surface area contributed by atoms with E-state index in [-0.39, 0.29) is 0 Å². The van der Waals surface area contributed by atoms with Crippen molar-refractivity contribution in [2.75, 3.05) is 18.0 Å². The van der Waals surface area contributed by atoms with Crippen molar-refractivity contribution in [1.29, 1.82) is 0 Å². The Morgan fingerprint density at radius 1 is 1.29 bits per heavy atom. The standard InChI is InChI=1S/C18H25N3/c1-2-16-8-5-6-12-21(16)18-15(10-11-19)13-14-7-3-4-9-17(14)20-18/h3-4,7,9,13,16H,2,5-6,8,10-12,19H2,1H3. The van der Waals surface area contributed by atoms with Gasteiger partial charge in [0.15, 0.2) is 0 Å². The zero-order chi connectivity index (χ0) is 14.7. The van der Waals surface area contributed by atoms with Gasteiger partial charge in [-0.15, -0.1) is 0 Å². The van der Waals surface area contributed by atoms with Gasteiger partial charge in [-0.25, -0.2) is 4.98 Å². The van der Waals surface area contributed by atoms with E-state index >= 15 is 0 Å². The van der Waals surface area contributed by atoms with E-state index in [1.54, 1.807) is 0 Å². The van der Waals surface area contributed by atoms with Crippen LogP contribution < -0.4 is 10.6 Å². The minimum absolute atomic E-state index is 0.629. The molecule has 0 saturated carbocycles. The molecule has 1 aromatic heterocycles. The van der Waals surface area contributed by atoms with Crippen LogP contribution in [0.2, 0.25) is 0 Å². The number of rotatable bonds is 4. The molecule has 1 fully saturated rings. The Bertz CT molecular complexity index is 608. The first-order chi connectivity index (χ1) is 10.3. The molecule has 1 aliphatic rings. The first-order valence-corrected chi connectivity index (χ1v) is 8.19. The topological polar surface area (TPSA) is 42.2 Å². The number of hydrogen-bond donors (Lipinski definition) is 1. The lowest BCUT2D eigenvalue weighted by Crippen LogP contribution is -2.40. The summed E-state index contributed by atoms with van der Waals surface area (Å²) in [5.41, 5.74) is 8.22. The summed E-state index contributed by atoms with van der Waals surface area (Å²) < 4.78 is 0. The smallest absolute Gasteiger partial charge is 0.132 e. The number of benzene rings is 1. The number of pyridine rings is 1. The van der Waals surface area contributed by atoms with E-state index in [9.17, 15) is 0 Å². The van der Waals surface area contributed by atoms with E-state index in [4.69, 9.17) is 10.7 Å². The van der Waals surface area contributed by atoms with E-state index in [1.807, 2.05) is 0 Å². The maximum atomic E-state index is 5.82. The van der Waals surface area contributed by atoms with Gasteiger partial charge in [-0.3, -0.25) is 0 Å². The van der Waals surface area contributed by atoms with Gasteiger partial charge >= 0.3 is 0 Å². The largest absolute Gasteiger partial charge is 0.353 e. The lowest BCUT2D eigenvalue weighted by atomic mass is 9.98. The number of nitrogens with zero attached hydrogens (tertiary/aromatic N) is 2. The minimum Gasteiger partial charge on any atom is -0.353 e. The molecule has 1 atom stereocenters. The van der Waals surface area contributed by atoms with Crippen molar-refractivity contribution < 1.29 is 0 Å². The van der Waals surface area contributed by atoms with Crippen LogP contribution in [-0.2, 0) is 6.42 Å². The number of aromatic nitrogens is 1. The highest BCUT2D eigenvalue weighted by Gasteiger charge is 2.24. The van der Waals surface area contributed by atoms with Crippen molar-refractivity contribution in [2.45, 2.75) is 45.1 Å². The SMILES string of the molecule is CCC1CCCCN1c1nc2ccccc2cc1CCN. The number of anilines is 1. The fourth-order valence-electron chi connectivity index (χ4n) is 3.44. The number of hydrogen-bond acceptors (Lipinski definition) is 3. The summed E-state index contributed by atoms with van der Waals surface area (Å²) in [6.07, 6.45) is 5.99. The maximum Gasteiger partial charge on any atom is 0.132 e. The lowest BCUT2D eigenvalue weighted by molar-refractivity contribution is 0.446. The summed E-state index contributed by atoms with van der Waals surface area (Å²) in [6.45, 7) is 4.09. The van der Waals surface area contributed by atoms with Gasteiger partial charge in [0, 0.05) is 18.0 Å². The Morgan fingerprint density at radius 2 is 2.14 bits per heavy atom. The molecule has 0 spiro atoms. The summed E-state index contributed by atoms with van der Waals surface area (Å²) in [6, 6.07) is 11.3. The molecule has 1 aliphatic heterocycles. The fourth-order valence-corrected chi connectivity index (χ4v) is 3.44. The van der Waals surface area contributed by atoms with Crippen molar-refractivity contribution in [3.05, 3.63) is 35.9 Å². The molecule has 21 heavy (non-hydrogen) atoms. The molecule has 1 saturated heterocycles. The molecule has 2 heterocycles. The Morgan fingerprint density at radius 3 is 2.95 bits per heavy atom. The Balaban J connectivity index is 2.07. The van der Waals surface area contributed by atoms with Crippen molar-refractivity contribution in [3.8, 4) is 0 Å². The first kappa shape index (κ1) is 14.3. The lowest BCUT2D eigenvalue weighted by Gasteiger charge is -2.37. The Hall–Kier alpha value is -1.61. The summed E-state index contributed by atoms with van der Waals surface area (Å²) >= 11 is 0. The Labute approximate surface area is 127 Å². The molecular weight excluding hydrogens is 258 g/mol. The van der Waals surface area contributed by atoms with Gasteiger partial charge in [-0.2, -0.15) is 0 Å². The number of nitrogens with two attached hydrogens (primary N) is 1. The summed E-state index contributed by atoms with van der Waals surface area (Å²) in [5, 5.41) is 1.22. The molecule has 2 aromatic rings. The second-order valence-electron chi connectivity index (χ2n) is 5.95. The zero-order valence-corrected chi connectivity index (χ0v) is 12.9. The van der Waals surface area contributed by atoms with E-state index < -0.39 is 0 Å². The van der Waals surface area contributed by atoms with Crippen LogP contribution in [0.25, 0.3) is 10.9 Å². The molecule has 1 aromatic carbocycles. The molecule has 2 N–H and O–H groups in total. The number of fused-ring (bicyclic) bond motifs is 1. The monoisotopic (exact) mass is 283 g/mol. The third kappa shape index (κ3) is 2.88. The molecule has 0 bridgehead atoms. The predicted molar refractivity (Wildman–Crippen MR) is 89.8 cm³/mol. The van der Waals surface area contributed by atoms with Crippen LogP contribution in [0, 0.1) is 0 Å².